The van der Waals surface area contributed by atoms with Crippen molar-refractivity contribution >= 4 is 35.3 Å². The van der Waals surface area contributed by atoms with Crippen molar-refractivity contribution in [2.45, 2.75) is 45.8 Å². The number of nitrogens with zero attached hydrogens (tertiary/aromatic N) is 1. The minimum atomic E-state index is -0.574. The number of ether oxygens (including phenoxy) is 2. The predicted molar refractivity (Wildman–Crippen MR) is 119 cm³/mol. The van der Waals surface area contributed by atoms with Gasteiger partial charge in [-0.2, -0.15) is 0 Å². The minimum Gasteiger partial charge on any atom is -0.460 e. The summed E-state index contributed by atoms with van der Waals surface area (Å²) in [6.07, 6.45) is 0.146. The lowest BCUT2D eigenvalue weighted by molar-refractivity contribution is -0.155. The molecule has 0 aliphatic rings. The molecular formula is C23H27Cl2NO4. The molecule has 0 bridgehead atoms. The monoisotopic (exact) mass is 451 g/mol. The van der Waals surface area contributed by atoms with Gasteiger partial charge in [-0.15, -0.1) is 0 Å². The van der Waals surface area contributed by atoms with Gasteiger partial charge in [-0.05, 0) is 50.5 Å². The molecule has 0 saturated heterocycles. The van der Waals surface area contributed by atoms with Crippen LogP contribution < -0.4 is 0 Å². The van der Waals surface area contributed by atoms with Gasteiger partial charge in [0.05, 0.1) is 16.5 Å². The number of halogens is 2. The molecule has 0 heterocycles. The molecule has 30 heavy (non-hydrogen) atoms. The van der Waals surface area contributed by atoms with E-state index in [1.807, 2.05) is 36.4 Å². The highest BCUT2D eigenvalue weighted by molar-refractivity contribution is 6.42. The highest BCUT2D eigenvalue weighted by Crippen LogP contribution is 2.23. The van der Waals surface area contributed by atoms with E-state index in [9.17, 15) is 9.59 Å². The van der Waals surface area contributed by atoms with Crippen LogP contribution in [0.4, 0.5) is 4.79 Å². The van der Waals surface area contributed by atoms with Crippen molar-refractivity contribution < 1.29 is 19.1 Å². The molecule has 2 rings (SSSR count). The number of hydrogen-bond acceptors (Lipinski definition) is 4. The summed E-state index contributed by atoms with van der Waals surface area (Å²) in [7, 11) is 0. The van der Waals surface area contributed by atoms with Gasteiger partial charge in [-0.25, -0.2) is 4.79 Å². The third kappa shape index (κ3) is 8.64. The second kappa shape index (κ2) is 11.2. The Kier molecular flexibility index (Phi) is 9.00. The van der Waals surface area contributed by atoms with Crippen LogP contribution >= 0.6 is 23.2 Å². The van der Waals surface area contributed by atoms with Crippen molar-refractivity contribution in [2.24, 2.45) is 0 Å². The first-order chi connectivity index (χ1) is 14.1. The molecule has 0 unspecified atom stereocenters. The molecule has 2 aromatic carbocycles. The van der Waals surface area contributed by atoms with E-state index in [2.05, 4.69) is 0 Å². The second-order valence-corrected chi connectivity index (χ2v) is 8.68. The standard InChI is InChI=1S/C23H27Cl2NO4/c1-23(2,3)30-21(27)12-14-26(13-11-17-9-10-19(24)20(25)15-17)22(28)29-16-18-7-5-4-6-8-18/h4-10,15H,11-14,16H2,1-3H3. The van der Waals surface area contributed by atoms with E-state index in [0.717, 1.165) is 11.1 Å². The van der Waals surface area contributed by atoms with Gasteiger partial charge in [0, 0.05) is 13.1 Å². The fraction of sp³-hybridized carbons (Fsp3) is 0.391. The zero-order chi connectivity index (χ0) is 22.1. The molecule has 0 atom stereocenters. The Labute approximate surface area is 187 Å². The molecule has 5 nitrogen and oxygen atoms in total. The molecule has 7 heteroatoms. The number of rotatable bonds is 8. The van der Waals surface area contributed by atoms with Crippen molar-refractivity contribution in [2.75, 3.05) is 13.1 Å². The van der Waals surface area contributed by atoms with Gasteiger partial charge < -0.3 is 14.4 Å². The summed E-state index contributed by atoms with van der Waals surface area (Å²) < 4.78 is 10.8. The molecule has 0 saturated carbocycles. The first kappa shape index (κ1) is 24.0. The first-order valence-corrected chi connectivity index (χ1v) is 10.5. The molecular weight excluding hydrogens is 425 g/mol. The Morgan fingerprint density at radius 1 is 0.933 bits per heavy atom. The van der Waals surface area contributed by atoms with E-state index in [0.29, 0.717) is 23.0 Å². The van der Waals surface area contributed by atoms with Crippen LogP contribution in [0.5, 0.6) is 0 Å². The molecule has 0 spiro atoms. The van der Waals surface area contributed by atoms with Crippen molar-refractivity contribution in [1.29, 1.82) is 0 Å². The van der Waals surface area contributed by atoms with Gasteiger partial charge in [-0.1, -0.05) is 59.6 Å². The molecule has 0 radical (unpaired) electrons. The van der Waals surface area contributed by atoms with Crippen LogP contribution in [0.25, 0.3) is 0 Å². The van der Waals surface area contributed by atoms with Crippen LogP contribution in [0.2, 0.25) is 10.0 Å². The maximum absolute atomic E-state index is 12.7. The van der Waals surface area contributed by atoms with Gasteiger partial charge in [0.15, 0.2) is 0 Å². The van der Waals surface area contributed by atoms with Crippen molar-refractivity contribution in [1.82, 2.24) is 4.90 Å². The van der Waals surface area contributed by atoms with Crippen LogP contribution in [0.15, 0.2) is 48.5 Å². The van der Waals surface area contributed by atoms with Crippen molar-refractivity contribution in [3.05, 3.63) is 69.7 Å². The molecule has 2 aromatic rings. The molecule has 0 aliphatic heterocycles. The topological polar surface area (TPSA) is 55.8 Å². The Balaban J connectivity index is 1.99. The average Bonchev–Trinajstić information content (AvgIpc) is 2.68. The van der Waals surface area contributed by atoms with Gasteiger partial charge in [-0.3, -0.25) is 4.79 Å². The van der Waals surface area contributed by atoms with Gasteiger partial charge in [0.2, 0.25) is 0 Å². The van der Waals surface area contributed by atoms with E-state index >= 15 is 0 Å². The van der Waals surface area contributed by atoms with Gasteiger partial charge in [0.1, 0.15) is 12.2 Å². The molecule has 0 aromatic heterocycles. The lowest BCUT2D eigenvalue weighted by Crippen LogP contribution is -2.36. The average molecular weight is 452 g/mol. The van der Waals surface area contributed by atoms with Crippen molar-refractivity contribution in [3.63, 3.8) is 0 Å². The van der Waals surface area contributed by atoms with Crippen molar-refractivity contribution in [3.8, 4) is 0 Å². The van der Waals surface area contributed by atoms with Crippen LogP contribution in [0.3, 0.4) is 0 Å². The lowest BCUT2D eigenvalue weighted by atomic mass is 10.1. The molecule has 0 aliphatic carbocycles. The van der Waals surface area contributed by atoms with Gasteiger partial charge >= 0.3 is 12.1 Å². The smallest absolute Gasteiger partial charge is 0.410 e. The van der Waals surface area contributed by atoms with Gasteiger partial charge in [0.25, 0.3) is 0 Å². The Morgan fingerprint density at radius 2 is 1.63 bits per heavy atom. The molecule has 0 N–H and O–H groups in total. The first-order valence-electron chi connectivity index (χ1n) is 9.75. The fourth-order valence-corrected chi connectivity index (χ4v) is 3.00. The normalized spacial score (nSPS) is 11.1. The molecule has 162 valence electrons. The van der Waals surface area contributed by atoms with E-state index in [1.165, 1.54) is 4.90 Å². The van der Waals surface area contributed by atoms with Crippen LogP contribution in [0.1, 0.15) is 38.3 Å². The zero-order valence-corrected chi connectivity index (χ0v) is 19.0. The van der Waals surface area contributed by atoms with Crippen LogP contribution in [-0.4, -0.2) is 35.7 Å². The Bertz CT molecular complexity index is 850. The quantitative estimate of drug-likeness (QED) is 0.468. The third-order valence-corrected chi connectivity index (χ3v) is 4.86. The number of benzene rings is 2. The summed E-state index contributed by atoms with van der Waals surface area (Å²) in [6.45, 7) is 6.15. The fourth-order valence-electron chi connectivity index (χ4n) is 2.68. The summed E-state index contributed by atoms with van der Waals surface area (Å²) in [5.41, 5.74) is 1.25. The highest BCUT2D eigenvalue weighted by atomic mass is 35.5. The number of esters is 1. The largest absolute Gasteiger partial charge is 0.460 e. The van der Waals surface area contributed by atoms with E-state index < -0.39 is 11.7 Å². The number of amides is 1. The Hall–Kier alpha value is -2.24. The Morgan fingerprint density at radius 3 is 2.27 bits per heavy atom. The van der Waals surface area contributed by atoms with Crippen LogP contribution in [-0.2, 0) is 27.3 Å². The lowest BCUT2D eigenvalue weighted by Gasteiger charge is -2.24. The maximum Gasteiger partial charge on any atom is 0.410 e. The molecule has 0 fully saturated rings. The van der Waals surface area contributed by atoms with E-state index in [4.69, 9.17) is 32.7 Å². The number of carbonyl (C=O) groups excluding carboxylic acids is 2. The molecule has 1 amide bonds. The maximum atomic E-state index is 12.7. The van der Waals surface area contributed by atoms with E-state index in [1.54, 1.807) is 32.9 Å². The SMILES string of the molecule is CC(C)(C)OC(=O)CCN(CCc1ccc(Cl)c(Cl)c1)C(=O)OCc1ccccc1. The van der Waals surface area contributed by atoms with E-state index in [-0.39, 0.29) is 25.5 Å². The number of carbonyl (C=O) groups is 2. The summed E-state index contributed by atoms with van der Waals surface area (Å²) in [5.74, 6) is -0.363. The summed E-state index contributed by atoms with van der Waals surface area (Å²) >= 11 is 12.0. The highest BCUT2D eigenvalue weighted by Gasteiger charge is 2.20. The predicted octanol–water partition coefficient (Wildman–Crippen LogP) is 5.91. The number of hydrogen-bond donors (Lipinski definition) is 0. The summed E-state index contributed by atoms with van der Waals surface area (Å²) in [6, 6.07) is 14.8. The minimum absolute atomic E-state index is 0.0824. The summed E-state index contributed by atoms with van der Waals surface area (Å²) in [5, 5.41) is 0.936. The summed E-state index contributed by atoms with van der Waals surface area (Å²) in [4.78, 5) is 26.3. The van der Waals surface area contributed by atoms with Crippen LogP contribution in [0, 0.1) is 0 Å². The third-order valence-electron chi connectivity index (χ3n) is 4.12. The second-order valence-electron chi connectivity index (χ2n) is 7.86. The zero-order valence-electron chi connectivity index (χ0n) is 17.5.